The quantitative estimate of drug-likeness (QED) is 0.847. The van der Waals surface area contributed by atoms with Gasteiger partial charge >= 0.3 is 6.18 Å². The van der Waals surface area contributed by atoms with Crippen molar-refractivity contribution in [1.82, 2.24) is 4.39 Å². The van der Waals surface area contributed by atoms with Crippen molar-refractivity contribution in [2.45, 2.75) is 50.0 Å². The standard InChI is InChI=1S/C13H20F3NO2SSi/c1-12(2,3)21(4,5)17-20(18,19)11-8-6-7-10(9-11)13(14,15)16/h6-9,17H,1-5H3. The summed E-state index contributed by atoms with van der Waals surface area (Å²) in [5, 5.41) is -0.262. The van der Waals surface area contributed by atoms with Gasteiger partial charge in [-0.1, -0.05) is 39.9 Å². The molecule has 1 aromatic carbocycles. The SMILES string of the molecule is CC(C)(C)[Si](C)(C)NS(=O)(=O)c1cccc(C(F)(F)F)c1. The summed E-state index contributed by atoms with van der Waals surface area (Å²) < 4.78 is 65.3. The minimum Gasteiger partial charge on any atom is -0.233 e. The second kappa shape index (κ2) is 5.40. The fourth-order valence-electron chi connectivity index (χ4n) is 1.39. The summed E-state index contributed by atoms with van der Waals surface area (Å²) in [5.41, 5.74) is -0.972. The summed E-state index contributed by atoms with van der Waals surface area (Å²) in [7, 11) is -6.38. The Morgan fingerprint density at radius 3 is 2.05 bits per heavy atom. The van der Waals surface area contributed by atoms with Crippen molar-refractivity contribution in [2.24, 2.45) is 0 Å². The van der Waals surface area contributed by atoms with Crippen molar-refractivity contribution < 1.29 is 21.6 Å². The maximum atomic E-state index is 12.7. The number of rotatable bonds is 3. The summed E-state index contributed by atoms with van der Waals surface area (Å²) in [6.07, 6.45) is -4.57. The van der Waals surface area contributed by atoms with Gasteiger partial charge in [0.2, 0.25) is 10.0 Å². The monoisotopic (exact) mass is 339 g/mol. The zero-order valence-corrected chi connectivity index (χ0v) is 14.5. The van der Waals surface area contributed by atoms with E-state index in [1.165, 1.54) is 6.07 Å². The van der Waals surface area contributed by atoms with E-state index in [0.717, 1.165) is 12.1 Å². The molecule has 0 saturated heterocycles. The van der Waals surface area contributed by atoms with E-state index in [9.17, 15) is 21.6 Å². The van der Waals surface area contributed by atoms with E-state index >= 15 is 0 Å². The zero-order chi connectivity index (χ0) is 16.7. The average Bonchev–Trinajstić information content (AvgIpc) is 2.25. The van der Waals surface area contributed by atoms with Crippen LogP contribution in [0.5, 0.6) is 0 Å². The molecular weight excluding hydrogens is 319 g/mol. The smallest absolute Gasteiger partial charge is 0.233 e. The summed E-state index contributed by atoms with van der Waals surface area (Å²) in [5.74, 6) is 0. The summed E-state index contributed by atoms with van der Waals surface area (Å²) in [6.45, 7) is 9.39. The van der Waals surface area contributed by atoms with Crippen LogP contribution in [0.25, 0.3) is 0 Å². The molecule has 0 aromatic heterocycles. The zero-order valence-electron chi connectivity index (χ0n) is 12.7. The molecule has 1 rings (SSSR count). The van der Waals surface area contributed by atoms with Gasteiger partial charge in [-0.15, -0.1) is 0 Å². The molecule has 0 aliphatic carbocycles. The molecule has 1 N–H and O–H groups in total. The fourth-order valence-corrected chi connectivity index (χ4v) is 6.31. The van der Waals surface area contributed by atoms with Crippen molar-refractivity contribution in [3.05, 3.63) is 29.8 Å². The van der Waals surface area contributed by atoms with Crippen molar-refractivity contribution >= 4 is 18.3 Å². The van der Waals surface area contributed by atoms with E-state index in [-0.39, 0.29) is 9.93 Å². The molecule has 8 heteroatoms. The number of sulfonamides is 1. The van der Waals surface area contributed by atoms with Gasteiger partial charge in [0.25, 0.3) is 0 Å². The molecule has 0 saturated carbocycles. The fraction of sp³-hybridized carbons (Fsp3) is 0.538. The van der Waals surface area contributed by atoms with E-state index in [4.69, 9.17) is 0 Å². The topological polar surface area (TPSA) is 46.2 Å². The first kappa shape index (κ1) is 18.2. The molecule has 0 aliphatic rings. The highest BCUT2D eigenvalue weighted by molar-refractivity contribution is 7.91. The van der Waals surface area contributed by atoms with Gasteiger partial charge in [0.1, 0.15) is 8.24 Å². The van der Waals surface area contributed by atoms with Crippen LogP contribution in [0.3, 0.4) is 0 Å². The van der Waals surface area contributed by atoms with Gasteiger partial charge in [-0.3, -0.25) is 0 Å². The Balaban J connectivity index is 3.22. The first-order valence-electron chi connectivity index (χ1n) is 6.38. The van der Waals surface area contributed by atoms with Crippen LogP contribution in [-0.2, 0) is 16.2 Å². The molecule has 0 atom stereocenters. The molecule has 3 nitrogen and oxygen atoms in total. The number of halogens is 3. The van der Waals surface area contributed by atoms with Crippen molar-refractivity contribution in [3.8, 4) is 0 Å². The maximum absolute atomic E-state index is 12.7. The predicted octanol–water partition coefficient (Wildman–Crippen LogP) is 3.99. The van der Waals surface area contributed by atoms with E-state index in [1.54, 1.807) is 0 Å². The number of benzene rings is 1. The van der Waals surface area contributed by atoms with E-state index in [2.05, 4.69) is 4.39 Å². The minimum atomic E-state index is -4.57. The first-order valence-corrected chi connectivity index (χ1v) is 10.9. The van der Waals surface area contributed by atoms with Gasteiger partial charge in [0, 0.05) is 0 Å². The molecule has 1 aromatic rings. The Kier molecular flexibility index (Phi) is 4.68. The van der Waals surface area contributed by atoms with Gasteiger partial charge in [-0.05, 0) is 23.2 Å². The summed E-state index contributed by atoms with van der Waals surface area (Å²) in [4.78, 5) is -0.359. The first-order chi connectivity index (χ1) is 9.17. The molecule has 0 fully saturated rings. The third-order valence-electron chi connectivity index (χ3n) is 3.74. The largest absolute Gasteiger partial charge is 0.416 e. The molecule has 0 amide bonds. The van der Waals surface area contributed by atoms with Crippen molar-refractivity contribution in [3.63, 3.8) is 0 Å². The van der Waals surface area contributed by atoms with Crippen LogP contribution in [0, 0.1) is 0 Å². The molecule has 0 spiro atoms. The van der Waals surface area contributed by atoms with Gasteiger partial charge < -0.3 is 0 Å². The molecule has 0 bridgehead atoms. The molecule has 21 heavy (non-hydrogen) atoms. The molecular formula is C13H20F3NO2SSi. The Labute approximate surface area is 124 Å². The van der Waals surface area contributed by atoms with Crippen LogP contribution in [0.1, 0.15) is 26.3 Å². The van der Waals surface area contributed by atoms with Crippen molar-refractivity contribution in [2.75, 3.05) is 0 Å². The number of hydrogen-bond acceptors (Lipinski definition) is 2. The summed E-state index contributed by atoms with van der Waals surface area (Å²) >= 11 is 0. The van der Waals surface area contributed by atoms with Gasteiger partial charge in [0.05, 0.1) is 10.5 Å². The Morgan fingerprint density at radius 2 is 1.62 bits per heavy atom. The van der Waals surface area contributed by atoms with Crippen LogP contribution in [0.2, 0.25) is 18.1 Å². The lowest BCUT2D eigenvalue weighted by Gasteiger charge is -2.36. The lowest BCUT2D eigenvalue weighted by atomic mass is 10.2. The second-order valence-electron chi connectivity index (χ2n) is 6.51. The second-order valence-corrected chi connectivity index (χ2v) is 13.6. The number of hydrogen-bond donors (Lipinski definition) is 1. The number of nitrogens with one attached hydrogen (secondary N) is 1. The van der Waals surface area contributed by atoms with E-state index < -0.39 is 30.0 Å². The van der Waals surface area contributed by atoms with Crippen LogP contribution in [-0.4, -0.2) is 16.7 Å². The third kappa shape index (κ3) is 4.30. The van der Waals surface area contributed by atoms with Gasteiger partial charge in [-0.2, -0.15) is 13.2 Å². The number of alkyl halides is 3. The highest BCUT2D eigenvalue weighted by Crippen LogP contribution is 2.35. The van der Waals surface area contributed by atoms with Crippen LogP contribution in [0.4, 0.5) is 13.2 Å². The molecule has 120 valence electrons. The molecule has 0 aliphatic heterocycles. The minimum absolute atomic E-state index is 0.262. The molecule has 0 heterocycles. The average molecular weight is 339 g/mol. The Bertz CT molecular complexity index is 619. The van der Waals surface area contributed by atoms with Crippen molar-refractivity contribution in [1.29, 1.82) is 0 Å². The normalized spacial score (nSPS) is 14.3. The van der Waals surface area contributed by atoms with Gasteiger partial charge in [0.15, 0.2) is 0 Å². The predicted molar refractivity (Wildman–Crippen MR) is 79.0 cm³/mol. The Morgan fingerprint density at radius 1 is 1.10 bits per heavy atom. The molecule has 0 radical (unpaired) electrons. The van der Waals surface area contributed by atoms with Crippen LogP contribution < -0.4 is 4.39 Å². The van der Waals surface area contributed by atoms with Crippen LogP contribution in [0.15, 0.2) is 29.2 Å². The van der Waals surface area contributed by atoms with E-state index in [0.29, 0.717) is 6.07 Å². The summed E-state index contributed by atoms with van der Waals surface area (Å²) in [6, 6.07) is 3.79. The Hall–Kier alpha value is -0.863. The highest BCUT2D eigenvalue weighted by atomic mass is 32.2. The molecule has 0 unspecified atom stereocenters. The highest BCUT2D eigenvalue weighted by Gasteiger charge is 2.40. The van der Waals surface area contributed by atoms with Gasteiger partial charge in [-0.25, -0.2) is 12.8 Å². The van der Waals surface area contributed by atoms with E-state index in [1.807, 2.05) is 33.9 Å². The lowest BCUT2D eigenvalue weighted by molar-refractivity contribution is -0.137. The lowest BCUT2D eigenvalue weighted by Crippen LogP contribution is -2.54. The van der Waals surface area contributed by atoms with Crippen LogP contribution >= 0.6 is 0 Å². The third-order valence-corrected chi connectivity index (χ3v) is 11.5. The maximum Gasteiger partial charge on any atom is 0.416 e.